The maximum absolute atomic E-state index is 13.9. The predicted molar refractivity (Wildman–Crippen MR) is 118 cm³/mol. The standard InChI is InChI=1S/C23H22ClF5N2O4/c1-22(2,3)35-21(33)30-16-10-12-4-6-14(23(27,28)29)19(18(12)31(9-8-25)20(16)32)34-17-11-13(26)5-7-15(17)24/h4-7,11,16H,8-10H2,1-3H3,(H,30,33)/t16-/m1/s1. The van der Waals surface area contributed by atoms with Gasteiger partial charge in [0.25, 0.3) is 0 Å². The average Bonchev–Trinajstić information content (AvgIpc) is 2.71. The fourth-order valence-corrected chi connectivity index (χ4v) is 3.70. The van der Waals surface area contributed by atoms with E-state index in [1.807, 2.05) is 0 Å². The largest absolute Gasteiger partial charge is 0.453 e. The molecule has 2 amide bonds. The molecule has 12 heteroatoms. The van der Waals surface area contributed by atoms with Crippen LogP contribution in [0.1, 0.15) is 31.9 Å². The van der Waals surface area contributed by atoms with Gasteiger partial charge in [-0.05, 0) is 44.5 Å². The van der Waals surface area contributed by atoms with Gasteiger partial charge in [0.05, 0.1) is 17.3 Å². The molecule has 0 saturated heterocycles. The lowest BCUT2D eigenvalue weighted by molar-refractivity contribution is -0.138. The van der Waals surface area contributed by atoms with Crippen molar-refractivity contribution < 1.29 is 41.0 Å². The Bertz CT molecular complexity index is 1130. The smallest absolute Gasteiger partial charge is 0.420 e. The van der Waals surface area contributed by atoms with E-state index >= 15 is 0 Å². The van der Waals surface area contributed by atoms with Gasteiger partial charge in [-0.1, -0.05) is 17.7 Å². The molecule has 6 nitrogen and oxygen atoms in total. The number of alkyl carbamates (subject to hydrolysis) is 1. The molecular formula is C23H22ClF5N2O4. The van der Waals surface area contributed by atoms with Gasteiger partial charge in [-0.3, -0.25) is 4.79 Å². The van der Waals surface area contributed by atoms with Gasteiger partial charge in [0.15, 0.2) is 5.75 Å². The summed E-state index contributed by atoms with van der Waals surface area (Å²) >= 11 is 5.98. The number of alkyl halides is 4. The fraction of sp³-hybridized carbons (Fsp3) is 0.391. The van der Waals surface area contributed by atoms with Gasteiger partial charge in [-0.25, -0.2) is 13.6 Å². The Balaban J connectivity index is 2.12. The third kappa shape index (κ3) is 6.14. The van der Waals surface area contributed by atoms with Crippen LogP contribution in [0.5, 0.6) is 11.5 Å². The maximum Gasteiger partial charge on any atom is 0.420 e. The molecule has 1 heterocycles. The number of carbonyl (C=O) groups excluding carboxylic acids is 2. The first-order valence-corrected chi connectivity index (χ1v) is 10.8. The molecule has 190 valence electrons. The first-order chi connectivity index (χ1) is 16.2. The average molecular weight is 521 g/mol. The van der Waals surface area contributed by atoms with Crippen molar-refractivity contribution in [3.05, 3.63) is 52.3 Å². The number of carbonyl (C=O) groups is 2. The maximum atomic E-state index is 13.9. The van der Waals surface area contributed by atoms with Gasteiger partial charge in [0.1, 0.15) is 35.4 Å². The summed E-state index contributed by atoms with van der Waals surface area (Å²) in [4.78, 5) is 26.1. The van der Waals surface area contributed by atoms with E-state index < -0.39 is 65.9 Å². The van der Waals surface area contributed by atoms with E-state index in [9.17, 15) is 31.5 Å². The molecule has 1 atom stereocenters. The van der Waals surface area contributed by atoms with Crippen LogP contribution in [0.4, 0.5) is 32.4 Å². The summed E-state index contributed by atoms with van der Waals surface area (Å²) in [7, 11) is 0. The zero-order chi connectivity index (χ0) is 26.1. The van der Waals surface area contributed by atoms with Gasteiger partial charge in [0, 0.05) is 12.5 Å². The van der Waals surface area contributed by atoms with Crippen molar-refractivity contribution in [2.24, 2.45) is 0 Å². The second-order valence-corrected chi connectivity index (χ2v) is 9.11. The van der Waals surface area contributed by atoms with E-state index in [1.54, 1.807) is 20.8 Å². The van der Waals surface area contributed by atoms with Crippen molar-refractivity contribution in [1.29, 1.82) is 0 Å². The zero-order valence-electron chi connectivity index (χ0n) is 18.9. The minimum absolute atomic E-state index is 0.162. The van der Waals surface area contributed by atoms with Crippen molar-refractivity contribution in [1.82, 2.24) is 5.32 Å². The minimum atomic E-state index is -4.93. The van der Waals surface area contributed by atoms with Crippen molar-refractivity contribution in [2.45, 2.75) is 45.0 Å². The van der Waals surface area contributed by atoms with Crippen molar-refractivity contribution in [3.8, 4) is 11.5 Å². The normalized spacial score (nSPS) is 16.1. The first kappa shape index (κ1) is 26.5. The summed E-state index contributed by atoms with van der Waals surface area (Å²) in [5, 5.41) is 2.20. The summed E-state index contributed by atoms with van der Waals surface area (Å²) < 4.78 is 79.4. The number of hydrogen-bond donors (Lipinski definition) is 1. The van der Waals surface area contributed by atoms with Crippen molar-refractivity contribution in [2.75, 3.05) is 18.1 Å². The molecule has 0 bridgehead atoms. The van der Waals surface area contributed by atoms with Gasteiger partial charge in [-0.2, -0.15) is 13.2 Å². The number of ether oxygens (including phenoxy) is 2. The number of halogens is 6. The summed E-state index contributed by atoms with van der Waals surface area (Å²) in [5.74, 6) is -2.94. The number of nitrogens with one attached hydrogen (secondary N) is 1. The summed E-state index contributed by atoms with van der Waals surface area (Å²) in [6.07, 6.45) is -6.07. The second-order valence-electron chi connectivity index (χ2n) is 8.71. The van der Waals surface area contributed by atoms with Crippen LogP contribution in [0.15, 0.2) is 30.3 Å². The van der Waals surface area contributed by atoms with E-state index in [0.29, 0.717) is 0 Å². The monoisotopic (exact) mass is 520 g/mol. The Morgan fingerprint density at radius 3 is 2.49 bits per heavy atom. The van der Waals surface area contributed by atoms with E-state index in [2.05, 4.69) is 5.32 Å². The van der Waals surface area contributed by atoms with Crippen LogP contribution in [-0.2, 0) is 22.1 Å². The molecule has 0 fully saturated rings. The van der Waals surface area contributed by atoms with E-state index in [1.165, 1.54) is 0 Å². The third-order valence-electron chi connectivity index (χ3n) is 4.88. The van der Waals surface area contributed by atoms with Crippen LogP contribution in [-0.4, -0.2) is 36.9 Å². The third-order valence-corrected chi connectivity index (χ3v) is 5.20. The van der Waals surface area contributed by atoms with Crippen LogP contribution in [0.3, 0.4) is 0 Å². The highest BCUT2D eigenvalue weighted by atomic mass is 35.5. The van der Waals surface area contributed by atoms with Crippen LogP contribution in [0.25, 0.3) is 0 Å². The minimum Gasteiger partial charge on any atom is -0.453 e. The highest BCUT2D eigenvalue weighted by molar-refractivity contribution is 6.32. The molecule has 1 aliphatic rings. The quantitative estimate of drug-likeness (QED) is 0.488. The van der Waals surface area contributed by atoms with Gasteiger partial charge in [0.2, 0.25) is 5.91 Å². The molecule has 0 aliphatic carbocycles. The SMILES string of the molecule is CC(C)(C)OC(=O)N[C@@H]1Cc2ccc(C(F)(F)F)c(Oc3cc(F)ccc3Cl)c2N(CCF)C1=O. The molecule has 2 aromatic rings. The molecule has 0 radical (unpaired) electrons. The number of fused-ring (bicyclic) bond motifs is 1. The van der Waals surface area contributed by atoms with Crippen molar-refractivity contribution in [3.63, 3.8) is 0 Å². The van der Waals surface area contributed by atoms with Crippen LogP contribution in [0.2, 0.25) is 5.02 Å². The fourth-order valence-electron chi connectivity index (χ4n) is 3.54. The number of nitrogens with zero attached hydrogens (tertiary/aromatic N) is 1. The lowest BCUT2D eigenvalue weighted by Gasteiger charge is -2.36. The van der Waals surface area contributed by atoms with Crippen LogP contribution in [0, 0.1) is 5.82 Å². The highest BCUT2D eigenvalue weighted by Gasteiger charge is 2.42. The number of anilines is 1. The van der Waals surface area contributed by atoms with Crippen LogP contribution < -0.4 is 15.0 Å². The topological polar surface area (TPSA) is 67.9 Å². The second kappa shape index (κ2) is 9.88. The Morgan fingerprint density at radius 1 is 1.20 bits per heavy atom. The molecule has 1 N–H and O–H groups in total. The lowest BCUT2D eigenvalue weighted by Crippen LogP contribution is -2.54. The summed E-state index contributed by atoms with van der Waals surface area (Å²) in [5.41, 5.74) is -2.32. The number of hydrogen-bond acceptors (Lipinski definition) is 4. The Labute approximate surface area is 202 Å². The summed E-state index contributed by atoms with van der Waals surface area (Å²) in [6.45, 7) is 3.12. The molecule has 0 saturated carbocycles. The molecule has 0 aromatic heterocycles. The van der Waals surface area contributed by atoms with E-state index in [-0.39, 0.29) is 22.7 Å². The van der Waals surface area contributed by atoms with E-state index in [4.69, 9.17) is 21.1 Å². The number of rotatable bonds is 5. The molecule has 0 unspecified atom stereocenters. The molecule has 1 aliphatic heterocycles. The van der Waals surface area contributed by atoms with Gasteiger partial charge >= 0.3 is 12.3 Å². The molecular weight excluding hydrogens is 499 g/mol. The Kier molecular flexibility index (Phi) is 7.49. The Morgan fingerprint density at radius 2 is 1.89 bits per heavy atom. The lowest BCUT2D eigenvalue weighted by atomic mass is 9.94. The number of benzene rings is 2. The van der Waals surface area contributed by atoms with Gasteiger partial charge < -0.3 is 19.7 Å². The first-order valence-electron chi connectivity index (χ1n) is 10.4. The van der Waals surface area contributed by atoms with E-state index in [0.717, 1.165) is 35.2 Å². The highest BCUT2D eigenvalue weighted by Crippen LogP contribution is 2.48. The summed E-state index contributed by atoms with van der Waals surface area (Å²) in [6, 6.07) is 3.49. The zero-order valence-corrected chi connectivity index (χ0v) is 19.7. The molecule has 35 heavy (non-hydrogen) atoms. The molecule has 0 spiro atoms. The van der Waals surface area contributed by atoms with Crippen LogP contribution >= 0.6 is 11.6 Å². The molecule has 3 rings (SSSR count). The Hall–Kier alpha value is -3.08. The van der Waals surface area contributed by atoms with Crippen molar-refractivity contribution >= 4 is 29.3 Å². The predicted octanol–water partition coefficient (Wildman–Crippen LogP) is 6.04. The number of amides is 2. The molecule has 2 aromatic carbocycles. The van der Waals surface area contributed by atoms with Gasteiger partial charge in [-0.15, -0.1) is 0 Å².